The van der Waals surface area contributed by atoms with Crippen molar-refractivity contribution in [1.29, 1.82) is 0 Å². The molecule has 6 heteroatoms. The standard InChI is InChI=1S/C12H14N2O4/c1-7-4-5-8(10(15)13-7)11(16)14-6-2-3-9(14)12(17)18/h4-5,9H,2-3,6H2,1H3,(H,13,15)(H,17,18)/t9-/m0/s1. The van der Waals surface area contributed by atoms with E-state index in [1.54, 1.807) is 13.0 Å². The van der Waals surface area contributed by atoms with Gasteiger partial charge in [0, 0.05) is 12.2 Å². The molecule has 2 heterocycles. The van der Waals surface area contributed by atoms with E-state index in [0.717, 1.165) is 0 Å². The normalized spacial score (nSPS) is 18.9. The summed E-state index contributed by atoms with van der Waals surface area (Å²) in [5, 5.41) is 9.01. The molecule has 1 aliphatic heterocycles. The third-order valence-electron chi connectivity index (χ3n) is 3.08. The molecule has 6 nitrogen and oxygen atoms in total. The van der Waals surface area contributed by atoms with Crippen molar-refractivity contribution in [1.82, 2.24) is 9.88 Å². The highest BCUT2D eigenvalue weighted by atomic mass is 16.4. The van der Waals surface area contributed by atoms with E-state index in [1.165, 1.54) is 11.0 Å². The Labute approximate surface area is 103 Å². The van der Waals surface area contributed by atoms with Gasteiger partial charge in [-0.2, -0.15) is 0 Å². The van der Waals surface area contributed by atoms with Gasteiger partial charge in [-0.25, -0.2) is 4.79 Å². The molecular formula is C12H14N2O4. The zero-order valence-corrected chi connectivity index (χ0v) is 9.97. The Bertz CT molecular complexity index is 549. The van der Waals surface area contributed by atoms with Crippen LogP contribution in [0.1, 0.15) is 28.9 Å². The molecule has 1 aromatic heterocycles. The second kappa shape index (κ2) is 4.64. The van der Waals surface area contributed by atoms with Crippen molar-refractivity contribution in [3.05, 3.63) is 33.7 Å². The summed E-state index contributed by atoms with van der Waals surface area (Å²) in [4.78, 5) is 38.6. The zero-order valence-electron chi connectivity index (χ0n) is 9.97. The van der Waals surface area contributed by atoms with E-state index in [0.29, 0.717) is 25.1 Å². The van der Waals surface area contributed by atoms with Crippen LogP contribution in [0.3, 0.4) is 0 Å². The minimum atomic E-state index is -1.02. The molecule has 1 aromatic rings. The maximum atomic E-state index is 12.1. The van der Waals surface area contributed by atoms with Crippen molar-refractivity contribution in [2.45, 2.75) is 25.8 Å². The van der Waals surface area contributed by atoms with Crippen LogP contribution in [0.4, 0.5) is 0 Å². The Hall–Kier alpha value is -2.11. The van der Waals surface area contributed by atoms with Gasteiger partial charge in [-0.15, -0.1) is 0 Å². The number of nitrogens with one attached hydrogen (secondary N) is 1. The van der Waals surface area contributed by atoms with Crippen LogP contribution in [0.15, 0.2) is 16.9 Å². The Morgan fingerprint density at radius 1 is 1.44 bits per heavy atom. The number of nitrogens with zero attached hydrogens (tertiary/aromatic N) is 1. The SMILES string of the molecule is Cc1ccc(C(=O)N2CCC[C@H]2C(=O)O)c(=O)[nH]1. The number of hydrogen-bond acceptors (Lipinski definition) is 3. The third kappa shape index (κ3) is 2.13. The molecule has 0 radical (unpaired) electrons. The Kier molecular flexibility index (Phi) is 3.18. The molecule has 0 bridgehead atoms. The van der Waals surface area contributed by atoms with E-state index in [-0.39, 0.29) is 5.56 Å². The molecule has 96 valence electrons. The zero-order chi connectivity index (χ0) is 13.3. The number of likely N-dealkylation sites (tertiary alicyclic amines) is 1. The highest BCUT2D eigenvalue weighted by molar-refractivity contribution is 5.96. The number of aromatic amines is 1. The molecule has 0 aliphatic carbocycles. The quantitative estimate of drug-likeness (QED) is 0.793. The first-order valence-corrected chi connectivity index (χ1v) is 5.74. The van der Waals surface area contributed by atoms with Crippen molar-refractivity contribution < 1.29 is 14.7 Å². The lowest BCUT2D eigenvalue weighted by molar-refractivity contribution is -0.141. The van der Waals surface area contributed by atoms with Gasteiger partial charge < -0.3 is 15.0 Å². The van der Waals surface area contributed by atoms with Crippen LogP contribution in [0.25, 0.3) is 0 Å². The number of carbonyl (C=O) groups excluding carboxylic acids is 1. The second-order valence-electron chi connectivity index (χ2n) is 4.38. The minimum Gasteiger partial charge on any atom is -0.480 e. The molecule has 1 aliphatic rings. The molecule has 0 unspecified atom stereocenters. The van der Waals surface area contributed by atoms with E-state index in [9.17, 15) is 14.4 Å². The number of aliphatic carboxylic acids is 1. The van der Waals surface area contributed by atoms with Crippen molar-refractivity contribution in [3.63, 3.8) is 0 Å². The van der Waals surface area contributed by atoms with Crippen LogP contribution in [0.2, 0.25) is 0 Å². The smallest absolute Gasteiger partial charge is 0.326 e. The number of carboxylic acid groups (broad SMARTS) is 1. The predicted octanol–water partition coefficient (Wildman–Crippen LogP) is 0.373. The number of H-pyrrole nitrogens is 1. The fraction of sp³-hybridized carbons (Fsp3) is 0.417. The van der Waals surface area contributed by atoms with Crippen LogP contribution in [0, 0.1) is 6.92 Å². The predicted molar refractivity (Wildman–Crippen MR) is 63.5 cm³/mol. The molecule has 18 heavy (non-hydrogen) atoms. The van der Waals surface area contributed by atoms with Crippen molar-refractivity contribution in [2.24, 2.45) is 0 Å². The molecule has 1 saturated heterocycles. The number of amides is 1. The number of rotatable bonds is 2. The summed E-state index contributed by atoms with van der Waals surface area (Å²) in [6, 6.07) is 2.24. The van der Waals surface area contributed by atoms with Gasteiger partial charge in [-0.1, -0.05) is 0 Å². The van der Waals surface area contributed by atoms with E-state index in [1.807, 2.05) is 0 Å². The summed E-state index contributed by atoms with van der Waals surface area (Å²) in [5.41, 5.74) is 0.178. The van der Waals surface area contributed by atoms with E-state index in [2.05, 4.69) is 4.98 Å². The van der Waals surface area contributed by atoms with E-state index < -0.39 is 23.5 Å². The van der Waals surface area contributed by atoms with Crippen molar-refractivity contribution >= 4 is 11.9 Å². The largest absolute Gasteiger partial charge is 0.480 e. The van der Waals surface area contributed by atoms with Crippen molar-refractivity contribution in [3.8, 4) is 0 Å². The summed E-state index contributed by atoms with van der Waals surface area (Å²) in [6.07, 6.45) is 1.08. The topological polar surface area (TPSA) is 90.5 Å². The fourth-order valence-electron chi connectivity index (χ4n) is 2.16. The van der Waals surface area contributed by atoms with Gasteiger partial charge in [-0.05, 0) is 31.9 Å². The lowest BCUT2D eigenvalue weighted by atomic mass is 10.2. The highest BCUT2D eigenvalue weighted by Crippen LogP contribution is 2.19. The van der Waals surface area contributed by atoms with E-state index in [4.69, 9.17) is 5.11 Å². The average Bonchev–Trinajstić information content (AvgIpc) is 2.77. The molecule has 1 amide bonds. The first kappa shape index (κ1) is 12.3. The summed E-state index contributed by atoms with van der Waals surface area (Å²) in [5.74, 6) is -1.54. The number of pyridine rings is 1. The molecular weight excluding hydrogens is 236 g/mol. The fourth-order valence-corrected chi connectivity index (χ4v) is 2.16. The van der Waals surface area contributed by atoms with Gasteiger partial charge in [0.2, 0.25) is 0 Å². The van der Waals surface area contributed by atoms with Gasteiger partial charge >= 0.3 is 5.97 Å². The van der Waals surface area contributed by atoms with Gasteiger partial charge in [0.15, 0.2) is 0 Å². The monoisotopic (exact) mass is 250 g/mol. The van der Waals surface area contributed by atoms with Gasteiger partial charge in [0.05, 0.1) is 0 Å². The Balaban J connectivity index is 2.31. The molecule has 0 saturated carbocycles. The van der Waals surface area contributed by atoms with Crippen LogP contribution in [0.5, 0.6) is 0 Å². The number of hydrogen-bond donors (Lipinski definition) is 2. The average molecular weight is 250 g/mol. The van der Waals surface area contributed by atoms with Gasteiger partial charge in [0.1, 0.15) is 11.6 Å². The summed E-state index contributed by atoms with van der Waals surface area (Å²) in [7, 11) is 0. The van der Waals surface area contributed by atoms with Crippen molar-refractivity contribution in [2.75, 3.05) is 6.54 Å². The second-order valence-corrected chi connectivity index (χ2v) is 4.38. The van der Waals surface area contributed by atoms with Gasteiger partial charge in [-0.3, -0.25) is 9.59 Å². The molecule has 0 spiro atoms. The van der Waals surface area contributed by atoms with Crippen LogP contribution in [-0.2, 0) is 4.79 Å². The van der Waals surface area contributed by atoms with Crippen LogP contribution >= 0.6 is 0 Å². The Morgan fingerprint density at radius 3 is 2.78 bits per heavy atom. The number of aryl methyl sites for hydroxylation is 1. The minimum absolute atomic E-state index is 0.00579. The Morgan fingerprint density at radius 2 is 2.17 bits per heavy atom. The highest BCUT2D eigenvalue weighted by Gasteiger charge is 2.35. The number of carboxylic acids is 1. The number of aromatic nitrogens is 1. The first-order chi connectivity index (χ1) is 8.50. The van der Waals surface area contributed by atoms with Crippen LogP contribution in [-0.4, -0.2) is 39.5 Å². The summed E-state index contributed by atoms with van der Waals surface area (Å²) >= 11 is 0. The number of carbonyl (C=O) groups is 2. The molecule has 1 fully saturated rings. The summed E-state index contributed by atoms with van der Waals surface area (Å²) < 4.78 is 0. The lowest BCUT2D eigenvalue weighted by Gasteiger charge is -2.20. The third-order valence-corrected chi connectivity index (χ3v) is 3.08. The van der Waals surface area contributed by atoms with E-state index >= 15 is 0 Å². The maximum absolute atomic E-state index is 12.1. The van der Waals surface area contributed by atoms with Gasteiger partial charge in [0.25, 0.3) is 11.5 Å². The molecule has 2 rings (SSSR count). The maximum Gasteiger partial charge on any atom is 0.326 e. The first-order valence-electron chi connectivity index (χ1n) is 5.74. The molecule has 2 N–H and O–H groups in total. The van der Waals surface area contributed by atoms with Crippen LogP contribution < -0.4 is 5.56 Å². The lowest BCUT2D eigenvalue weighted by Crippen LogP contribution is -2.42. The molecule has 0 aromatic carbocycles. The summed E-state index contributed by atoms with van der Waals surface area (Å²) in [6.45, 7) is 2.09. The molecule has 1 atom stereocenters.